The van der Waals surface area contributed by atoms with Gasteiger partial charge in [0.15, 0.2) is 0 Å². The van der Waals surface area contributed by atoms with Crippen LogP contribution in [0.3, 0.4) is 0 Å². The van der Waals surface area contributed by atoms with Crippen LogP contribution in [0.15, 0.2) is 97.1 Å². The Kier molecular flexibility index (Phi) is 4.49. The minimum atomic E-state index is -1.43. The standard InChI is InChI=1S/C26H18Cl2O2/c27-19-13-9-17(10-14-19)25(29)21-5-1-2-6-22(21)26(30,18-11-15-20(28)16-12-18)24-8-4-3-7-23(24)25/h1-16,29-30H. The second-order valence-electron chi connectivity index (χ2n) is 7.53. The third-order valence-corrected chi connectivity index (χ3v) is 6.44. The van der Waals surface area contributed by atoms with E-state index in [0.29, 0.717) is 43.4 Å². The molecule has 0 saturated carbocycles. The van der Waals surface area contributed by atoms with Gasteiger partial charge in [0.2, 0.25) is 0 Å². The molecule has 4 heteroatoms. The smallest absolute Gasteiger partial charge is 0.141 e. The van der Waals surface area contributed by atoms with Crippen molar-refractivity contribution in [3.63, 3.8) is 0 Å². The molecule has 4 aromatic rings. The largest absolute Gasteiger partial charge is 0.376 e. The molecular formula is C26H18Cl2O2. The molecule has 30 heavy (non-hydrogen) atoms. The van der Waals surface area contributed by atoms with Crippen molar-refractivity contribution in [3.8, 4) is 0 Å². The molecule has 2 N–H and O–H groups in total. The molecule has 0 heterocycles. The molecule has 1 aliphatic rings. The molecule has 0 aliphatic heterocycles. The number of benzene rings is 4. The predicted molar refractivity (Wildman–Crippen MR) is 120 cm³/mol. The Balaban J connectivity index is 1.87. The lowest BCUT2D eigenvalue weighted by Gasteiger charge is -2.45. The Bertz CT molecular complexity index is 1090. The van der Waals surface area contributed by atoms with Crippen molar-refractivity contribution in [1.29, 1.82) is 0 Å². The van der Waals surface area contributed by atoms with Gasteiger partial charge in [-0.15, -0.1) is 0 Å². The van der Waals surface area contributed by atoms with E-state index >= 15 is 0 Å². The molecule has 2 nitrogen and oxygen atoms in total. The van der Waals surface area contributed by atoms with Crippen LogP contribution in [-0.2, 0) is 11.2 Å². The van der Waals surface area contributed by atoms with Crippen LogP contribution in [0.25, 0.3) is 0 Å². The lowest BCUT2D eigenvalue weighted by molar-refractivity contribution is 0.0748. The van der Waals surface area contributed by atoms with E-state index in [4.69, 9.17) is 23.2 Å². The number of rotatable bonds is 2. The normalized spacial score (nSPS) is 22.3. The van der Waals surface area contributed by atoms with Gasteiger partial charge in [-0.1, -0.05) is 96.0 Å². The van der Waals surface area contributed by atoms with Gasteiger partial charge in [0.25, 0.3) is 0 Å². The van der Waals surface area contributed by atoms with Gasteiger partial charge in [-0.3, -0.25) is 0 Å². The fraction of sp³-hybridized carbons (Fsp3) is 0.0769. The molecule has 0 atom stereocenters. The van der Waals surface area contributed by atoms with Gasteiger partial charge < -0.3 is 10.2 Å². The van der Waals surface area contributed by atoms with Gasteiger partial charge >= 0.3 is 0 Å². The lowest BCUT2D eigenvalue weighted by atomic mass is 9.63. The van der Waals surface area contributed by atoms with Crippen LogP contribution in [-0.4, -0.2) is 10.2 Å². The minimum Gasteiger partial charge on any atom is -0.376 e. The molecule has 0 unspecified atom stereocenters. The highest BCUT2D eigenvalue weighted by Gasteiger charge is 2.50. The van der Waals surface area contributed by atoms with Crippen LogP contribution in [0.4, 0.5) is 0 Å². The second kappa shape index (κ2) is 6.97. The summed E-state index contributed by atoms with van der Waals surface area (Å²) in [6, 6.07) is 29.3. The molecule has 0 bridgehead atoms. The van der Waals surface area contributed by atoms with Gasteiger partial charge in [-0.25, -0.2) is 0 Å². The molecule has 0 aromatic heterocycles. The van der Waals surface area contributed by atoms with Gasteiger partial charge in [-0.05, 0) is 57.6 Å². The summed E-state index contributed by atoms with van der Waals surface area (Å²) in [7, 11) is 0. The van der Waals surface area contributed by atoms with E-state index in [9.17, 15) is 10.2 Å². The molecule has 1 aliphatic carbocycles. The van der Waals surface area contributed by atoms with Crippen LogP contribution in [0.5, 0.6) is 0 Å². The first-order valence-electron chi connectivity index (χ1n) is 9.62. The Morgan fingerprint density at radius 1 is 0.433 bits per heavy atom. The lowest BCUT2D eigenvalue weighted by Crippen LogP contribution is -2.44. The van der Waals surface area contributed by atoms with Crippen LogP contribution in [0.2, 0.25) is 10.0 Å². The van der Waals surface area contributed by atoms with E-state index < -0.39 is 11.2 Å². The summed E-state index contributed by atoms with van der Waals surface area (Å²) in [5, 5.41) is 25.6. The molecular weight excluding hydrogens is 415 g/mol. The maximum Gasteiger partial charge on any atom is 0.141 e. The van der Waals surface area contributed by atoms with E-state index in [-0.39, 0.29) is 0 Å². The SMILES string of the molecule is OC1(c2ccc(Cl)cc2)c2ccccc2C(O)(c2ccc(Cl)cc2)c2ccccc21. The van der Waals surface area contributed by atoms with E-state index in [1.807, 2.05) is 72.8 Å². The van der Waals surface area contributed by atoms with Gasteiger partial charge in [0, 0.05) is 10.0 Å². The monoisotopic (exact) mass is 432 g/mol. The number of aliphatic hydroxyl groups is 2. The molecule has 0 amide bonds. The van der Waals surface area contributed by atoms with E-state index in [1.54, 1.807) is 24.3 Å². The van der Waals surface area contributed by atoms with Crippen molar-refractivity contribution in [2.24, 2.45) is 0 Å². The van der Waals surface area contributed by atoms with Gasteiger partial charge in [0.05, 0.1) is 0 Å². The summed E-state index contributed by atoms with van der Waals surface area (Å²) >= 11 is 12.2. The molecule has 148 valence electrons. The quantitative estimate of drug-likeness (QED) is 0.415. The van der Waals surface area contributed by atoms with Crippen molar-refractivity contribution in [2.75, 3.05) is 0 Å². The van der Waals surface area contributed by atoms with Crippen LogP contribution in [0, 0.1) is 0 Å². The Morgan fingerprint density at radius 2 is 0.700 bits per heavy atom. The van der Waals surface area contributed by atoms with Crippen molar-refractivity contribution >= 4 is 23.2 Å². The summed E-state index contributed by atoms with van der Waals surface area (Å²) in [6.45, 7) is 0. The molecule has 0 fully saturated rings. The molecule has 0 spiro atoms. The average Bonchev–Trinajstić information content (AvgIpc) is 2.78. The Hall–Kier alpha value is -2.62. The van der Waals surface area contributed by atoms with E-state index in [0.717, 1.165) is 0 Å². The van der Waals surface area contributed by atoms with Crippen molar-refractivity contribution in [1.82, 2.24) is 0 Å². The zero-order chi connectivity index (χ0) is 20.9. The summed E-state index contributed by atoms with van der Waals surface area (Å²) < 4.78 is 0. The first-order valence-corrected chi connectivity index (χ1v) is 10.4. The zero-order valence-corrected chi connectivity index (χ0v) is 17.4. The Morgan fingerprint density at radius 3 is 0.967 bits per heavy atom. The predicted octanol–water partition coefficient (Wildman–Crippen LogP) is 5.88. The number of hydrogen-bond donors (Lipinski definition) is 2. The van der Waals surface area contributed by atoms with Crippen LogP contribution < -0.4 is 0 Å². The third kappa shape index (κ3) is 2.65. The van der Waals surface area contributed by atoms with Crippen molar-refractivity contribution in [3.05, 3.63) is 140 Å². The molecule has 5 rings (SSSR count). The molecule has 0 radical (unpaired) electrons. The van der Waals surface area contributed by atoms with Crippen LogP contribution >= 0.6 is 23.2 Å². The first-order chi connectivity index (χ1) is 14.5. The average molecular weight is 433 g/mol. The number of halogens is 2. The minimum absolute atomic E-state index is 0.595. The maximum absolute atomic E-state index is 12.2. The summed E-state index contributed by atoms with van der Waals surface area (Å²) in [5.74, 6) is 0. The maximum atomic E-state index is 12.2. The highest BCUT2D eigenvalue weighted by atomic mass is 35.5. The summed E-state index contributed by atoms with van der Waals surface area (Å²) in [4.78, 5) is 0. The topological polar surface area (TPSA) is 40.5 Å². The van der Waals surface area contributed by atoms with E-state index in [1.165, 1.54) is 0 Å². The number of fused-ring (bicyclic) bond motifs is 2. The fourth-order valence-corrected chi connectivity index (χ4v) is 4.77. The molecule has 0 saturated heterocycles. The molecule has 4 aromatic carbocycles. The third-order valence-electron chi connectivity index (χ3n) is 5.94. The summed E-state index contributed by atoms with van der Waals surface area (Å²) in [5.41, 5.74) is 1.01. The highest BCUT2D eigenvalue weighted by Crippen LogP contribution is 2.53. The fourth-order valence-electron chi connectivity index (χ4n) is 4.52. The first kappa shape index (κ1) is 19.3. The highest BCUT2D eigenvalue weighted by molar-refractivity contribution is 6.30. The second-order valence-corrected chi connectivity index (χ2v) is 8.40. The Labute approximate surface area is 185 Å². The van der Waals surface area contributed by atoms with Crippen molar-refractivity contribution in [2.45, 2.75) is 11.2 Å². The number of hydrogen-bond acceptors (Lipinski definition) is 2. The van der Waals surface area contributed by atoms with E-state index in [2.05, 4.69) is 0 Å². The van der Waals surface area contributed by atoms with Gasteiger partial charge in [-0.2, -0.15) is 0 Å². The zero-order valence-electron chi connectivity index (χ0n) is 15.9. The van der Waals surface area contributed by atoms with Crippen molar-refractivity contribution < 1.29 is 10.2 Å². The van der Waals surface area contributed by atoms with Gasteiger partial charge in [0.1, 0.15) is 11.2 Å². The van der Waals surface area contributed by atoms with Crippen LogP contribution in [0.1, 0.15) is 33.4 Å². The summed E-state index contributed by atoms with van der Waals surface area (Å²) in [6.07, 6.45) is 0.